The van der Waals surface area contributed by atoms with Crippen molar-refractivity contribution in [3.63, 3.8) is 0 Å². The summed E-state index contributed by atoms with van der Waals surface area (Å²) in [5.41, 5.74) is 12.5. The first-order valence-corrected chi connectivity index (χ1v) is 6.55. The molecule has 0 aliphatic rings. The summed E-state index contributed by atoms with van der Waals surface area (Å²) in [6.45, 7) is 6.67. The van der Waals surface area contributed by atoms with E-state index < -0.39 is 11.4 Å². The number of primary amides is 1. The molecule has 4 N–H and O–H groups in total. The van der Waals surface area contributed by atoms with Gasteiger partial charge in [-0.2, -0.15) is 5.10 Å². The van der Waals surface area contributed by atoms with E-state index in [4.69, 9.17) is 11.5 Å². The zero-order chi connectivity index (χ0) is 13.8. The van der Waals surface area contributed by atoms with Crippen molar-refractivity contribution in [1.29, 1.82) is 0 Å². The lowest BCUT2D eigenvalue weighted by Gasteiger charge is -2.20. The van der Waals surface area contributed by atoms with Crippen molar-refractivity contribution in [2.45, 2.75) is 58.5 Å². The van der Waals surface area contributed by atoms with Crippen LogP contribution in [0.3, 0.4) is 0 Å². The number of carbonyl (C=O) groups is 1. The van der Waals surface area contributed by atoms with Crippen LogP contribution >= 0.6 is 0 Å². The summed E-state index contributed by atoms with van der Waals surface area (Å²) in [6, 6.07) is 2.13. The number of hydrogen-bond acceptors (Lipinski definition) is 3. The molecule has 1 aromatic heterocycles. The Bertz CT molecular complexity index is 409. The summed E-state index contributed by atoms with van der Waals surface area (Å²) in [6.07, 6.45) is 3.28. The van der Waals surface area contributed by atoms with E-state index in [1.165, 1.54) is 5.69 Å². The summed E-state index contributed by atoms with van der Waals surface area (Å²) in [7, 11) is 0. The summed E-state index contributed by atoms with van der Waals surface area (Å²) in [5, 5.41) is 4.52. The zero-order valence-electron chi connectivity index (χ0n) is 11.6. The molecule has 0 aliphatic carbocycles. The van der Waals surface area contributed by atoms with Crippen molar-refractivity contribution in [2.75, 3.05) is 0 Å². The Kier molecular flexibility index (Phi) is 4.90. The van der Waals surface area contributed by atoms with Crippen LogP contribution in [0.25, 0.3) is 0 Å². The van der Waals surface area contributed by atoms with Crippen LogP contribution < -0.4 is 11.5 Å². The minimum atomic E-state index is -0.923. The molecule has 0 aromatic carbocycles. The molecular formula is C13H24N4O. The maximum atomic E-state index is 11.1. The van der Waals surface area contributed by atoms with Gasteiger partial charge in [0.2, 0.25) is 5.91 Å². The standard InChI is InChI=1S/C13H24N4O/c1-4-10-9-11(5-2)17(16-10)8-6-7-13(3,15)12(14)18/h9H,4-8,15H2,1-3H3,(H2,14,18). The Hall–Kier alpha value is -1.36. The molecule has 1 unspecified atom stereocenters. The first kappa shape index (κ1) is 14.7. The molecule has 1 aromatic rings. The summed E-state index contributed by atoms with van der Waals surface area (Å²) in [5.74, 6) is -0.451. The molecule has 1 heterocycles. The largest absolute Gasteiger partial charge is 0.368 e. The number of carbonyl (C=O) groups excluding carboxylic acids is 1. The Labute approximate surface area is 109 Å². The van der Waals surface area contributed by atoms with Gasteiger partial charge in [0.25, 0.3) is 0 Å². The molecule has 0 fully saturated rings. The molecule has 0 saturated heterocycles. The maximum absolute atomic E-state index is 11.1. The molecule has 1 rings (SSSR count). The normalized spacial score (nSPS) is 14.4. The van der Waals surface area contributed by atoms with Crippen molar-refractivity contribution in [1.82, 2.24) is 9.78 Å². The SMILES string of the molecule is CCc1cc(CC)n(CCCC(C)(N)C(N)=O)n1. The van der Waals surface area contributed by atoms with Gasteiger partial charge in [-0.25, -0.2) is 0 Å². The van der Waals surface area contributed by atoms with Gasteiger partial charge in [0, 0.05) is 12.2 Å². The van der Waals surface area contributed by atoms with E-state index in [-0.39, 0.29) is 0 Å². The number of rotatable bonds is 7. The molecule has 1 atom stereocenters. The van der Waals surface area contributed by atoms with Crippen LogP contribution in [0.15, 0.2) is 6.07 Å². The third-order valence-electron chi connectivity index (χ3n) is 3.27. The van der Waals surface area contributed by atoms with Crippen LogP contribution in [0.5, 0.6) is 0 Å². The van der Waals surface area contributed by atoms with Crippen LogP contribution in [-0.4, -0.2) is 21.2 Å². The van der Waals surface area contributed by atoms with E-state index >= 15 is 0 Å². The van der Waals surface area contributed by atoms with E-state index in [2.05, 4.69) is 25.0 Å². The van der Waals surface area contributed by atoms with Crippen molar-refractivity contribution in [3.8, 4) is 0 Å². The van der Waals surface area contributed by atoms with Crippen LogP contribution in [0.4, 0.5) is 0 Å². The van der Waals surface area contributed by atoms with E-state index in [0.29, 0.717) is 6.42 Å². The molecule has 5 nitrogen and oxygen atoms in total. The minimum absolute atomic E-state index is 0.451. The number of nitrogens with zero attached hydrogens (tertiary/aromatic N) is 2. The van der Waals surface area contributed by atoms with Gasteiger partial charge < -0.3 is 11.5 Å². The van der Waals surface area contributed by atoms with Crippen LogP contribution in [-0.2, 0) is 24.2 Å². The molecule has 0 bridgehead atoms. The summed E-state index contributed by atoms with van der Waals surface area (Å²) in [4.78, 5) is 11.1. The molecule has 0 saturated carbocycles. The highest BCUT2D eigenvalue weighted by atomic mass is 16.1. The number of aromatic nitrogens is 2. The van der Waals surface area contributed by atoms with Gasteiger partial charge in [-0.1, -0.05) is 13.8 Å². The quantitative estimate of drug-likeness (QED) is 0.758. The van der Waals surface area contributed by atoms with Gasteiger partial charge >= 0.3 is 0 Å². The Balaban J connectivity index is 2.58. The predicted octanol–water partition coefficient (Wildman–Crippen LogP) is 0.991. The monoisotopic (exact) mass is 252 g/mol. The Morgan fingerprint density at radius 3 is 2.61 bits per heavy atom. The molecular weight excluding hydrogens is 228 g/mol. The highest BCUT2D eigenvalue weighted by Gasteiger charge is 2.24. The van der Waals surface area contributed by atoms with E-state index in [0.717, 1.165) is 31.5 Å². The average Bonchev–Trinajstić information content (AvgIpc) is 2.71. The molecule has 0 radical (unpaired) electrons. The van der Waals surface area contributed by atoms with Gasteiger partial charge in [-0.3, -0.25) is 9.48 Å². The van der Waals surface area contributed by atoms with Gasteiger partial charge in [0.15, 0.2) is 0 Å². The fraction of sp³-hybridized carbons (Fsp3) is 0.692. The molecule has 18 heavy (non-hydrogen) atoms. The van der Waals surface area contributed by atoms with Crippen molar-refractivity contribution in [3.05, 3.63) is 17.5 Å². The van der Waals surface area contributed by atoms with Crippen LogP contribution in [0.2, 0.25) is 0 Å². The topological polar surface area (TPSA) is 86.9 Å². The Morgan fingerprint density at radius 1 is 1.44 bits per heavy atom. The smallest absolute Gasteiger partial charge is 0.237 e. The molecule has 0 aliphatic heterocycles. The molecule has 1 amide bonds. The maximum Gasteiger partial charge on any atom is 0.237 e. The van der Waals surface area contributed by atoms with Gasteiger partial charge in [-0.05, 0) is 38.7 Å². The van der Waals surface area contributed by atoms with Crippen molar-refractivity contribution >= 4 is 5.91 Å². The van der Waals surface area contributed by atoms with Crippen molar-refractivity contribution in [2.24, 2.45) is 11.5 Å². The first-order chi connectivity index (χ1) is 8.40. The van der Waals surface area contributed by atoms with Crippen LogP contribution in [0, 0.1) is 0 Å². The number of amides is 1. The number of hydrogen-bond donors (Lipinski definition) is 2. The van der Waals surface area contributed by atoms with Gasteiger partial charge in [0.05, 0.1) is 11.2 Å². The lowest BCUT2D eigenvalue weighted by Crippen LogP contribution is -2.49. The minimum Gasteiger partial charge on any atom is -0.368 e. The van der Waals surface area contributed by atoms with E-state index in [9.17, 15) is 4.79 Å². The summed E-state index contributed by atoms with van der Waals surface area (Å²) >= 11 is 0. The molecule has 5 heteroatoms. The third kappa shape index (κ3) is 3.57. The second-order valence-corrected chi connectivity index (χ2v) is 4.94. The van der Waals surface area contributed by atoms with Gasteiger partial charge in [0.1, 0.15) is 0 Å². The van der Waals surface area contributed by atoms with E-state index in [1.54, 1.807) is 6.92 Å². The fourth-order valence-corrected chi connectivity index (χ4v) is 1.89. The second-order valence-electron chi connectivity index (χ2n) is 4.94. The lowest BCUT2D eigenvalue weighted by atomic mass is 9.96. The predicted molar refractivity (Wildman–Crippen MR) is 72.0 cm³/mol. The number of nitrogens with two attached hydrogens (primary N) is 2. The highest BCUT2D eigenvalue weighted by molar-refractivity contribution is 5.83. The summed E-state index contributed by atoms with van der Waals surface area (Å²) < 4.78 is 2.01. The Morgan fingerprint density at radius 2 is 2.11 bits per heavy atom. The fourth-order valence-electron chi connectivity index (χ4n) is 1.89. The van der Waals surface area contributed by atoms with Crippen LogP contribution in [0.1, 0.15) is 45.0 Å². The van der Waals surface area contributed by atoms with Gasteiger partial charge in [-0.15, -0.1) is 0 Å². The lowest BCUT2D eigenvalue weighted by molar-refractivity contribution is -0.122. The number of aryl methyl sites for hydroxylation is 3. The highest BCUT2D eigenvalue weighted by Crippen LogP contribution is 2.12. The van der Waals surface area contributed by atoms with Crippen molar-refractivity contribution < 1.29 is 4.79 Å². The zero-order valence-corrected chi connectivity index (χ0v) is 11.6. The second kappa shape index (κ2) is 6.00. The van der Waals surface area contributed by atoms with E-state index in [1.807, 2.05) is 4.68 Å². The molecule has 0 spiro atoms. The average molecular weight is 252 g/mol. The third-order valence-corrected chi connectivity index (χ3v) is 3.27. The first-order valence-electron chi connectivity index (χ1n) is 6.55. The molecule has 102 valence electrons.